The Bertz CT molecular complexity index is 374. The van der Waals surface area contributed by atoms with Gasteiger partial charge >= 0.3 is 5.97 Å². The number of hydrogen-bond acceptors (Lipinski definition) is 2. The smallest absolute Gasteiger partial charge is 0.307 e. The fourth-order valence-electron chi connectivity index (χ4n) is 0.984. The molecule has 1 rings (SSSR count). The fourth-order valence-corrected chi connectivity index (χ4v) is 0.984. The topological polar surface area (TPSA) is 63.3 Å². The molecule has 3 nitrogen and oxygen atoms in total. The van der Waals surface area contributed by atoms with Gasteiger partial charge in [-0.05, 0) is 6.07 Å². The van der Waals surface area contributed by atoms with Gasteiger partial charge in [0, 0.05) is 5.56 Å². The lowest BCUT2D eigenvalue weighted by Crippen LogP contribution is -1.93. The molecule has 0 heterocycles. The largest absolute Gasteiger partial charge is 0.481 e. The van der Waals surface area contributed by atoms with E-state index in [-0.39, 0.29) is 12.1 Å². The fraction of sp³-hybridized carbons (Fsp3) is 0.100. The number of halogens is 1. The van der Waals surface area contributed by atoms with E-state index in [1.54, 1.807) is 6.07 Å². The zero-order valence-corrected chi connectivity index (χ0v) is 7.40. The van der Waals surface area contributed by atoms with E-state index in [0.29, 0.717) is 5.56 Å². The van der Waals surface area contributed by atoms with Gasteiger partial charge in [0.2, 0.25) is 0 Å². The van der Waals surface area contributed by atoms with E-state index >= 15 is 0 Å². The first-order valence-electron chi connectivity index (χ1n) is 4.03. The van der Waals surface area contributed by atoms with E-state index in [1.165, 1.54) is 24.3 Å². The number of carboxylic acids is 1. The highest BCUT2D eigenvalue weighted by atomic mass is 19.1. The maximum Gasteiger partial charge on any atom is 0.307 e. The van der Waals surface area contributed by atoms with E-state index in [0.717, 1.165) is 0 Å². The van der Waals surface area contributed by atoms with Crippen molar-refractivity contribution in [1.29, 1.82) is 0 Å². The Hall–Kier alpha value is -1.84. The Morgan fingerprint density at radius 3 is 2.93 bits per heavy atom. The van der Waals surface area contributed by atoms with E-state index in [2.05, 4.69) is 0 Å². The summed E-state index contributed by atoms with van der Waals surface area (Å²) in [6, 6.07) is 4.59. The van der Waals surface area contributed by atoms with Gasteiger partial charge < -0.3 is 10.8 Å². The molecule has 0 unspecified atom stereocenters. The van der Waals surface area contributed by atoms with E-state index in [4.69, 9.17) is 10.8 Å². The third kappa shape index (κ3) is 2.58. The summed E-state index contributed by atoms with van der Waals surface area (Å²) in [5.41, 5.74) is 5.68. The molecule has 0 aliphatic carbocycles. The summed E-state index contributed by atoms with van der Waals surface area (Å²) < 4.78 is 13.2. The third-order valence-electron chi connectivity index (χ3n) is 1.65. The van der Waals surface area contributed by atoms with Crippen molar-refractivity contribution in [1.82, 2.24) is 0 Å². The molecule has 0 aliphatic rings. The highest BCUT2D eigenvalue weighted by molar-refractivity contribution is 5.70. The zero-order valence-electron chi connectivity index (χ0n) is 7.40. The summed E-state index contributed by atoms with van der Waals surface area (Å²) in [5.74, 6) is -1.47. The lowest BCUT2D eigenvalue weighted by Gasteiger charge is -1.99. The average molecular weight is 195 g/mol. The molecule has 1 aromatic rings. The number of hydrogen-bond donors (Lipinski definition) is 2. The van der Waals surface area contributed by atoms with E-state index in [1.807, 2.05) is 0 Å². The highest BCUT2D eigenvalue weighted by Crippen LogP contribution is 2.15. The maximum atomic E-state index is 13.2. The molecular formula is C10H10FNO2. The molecule has 0 aromatic heterocycles. The first-order valence-corrected chi connectivity index (χ1v) is 4.03. The molecule has 0 bridgehead atoms. The molecule has 1 aromatic carbocycles. The lowest BCUT2D eigenvalue weighted by atomic mass is 10.1. The number of carbonyl (C=O) groups is 1. The summed E-state index contributed by atoms with van der Waals surface area (Å²) in [6.45, 7) is 0. The van der Waals surface area contributed by atoms with Gasteiger partial charge in [-0.15, -0.1) is 0 Å². The molecule has 4 heteroatoms. The minimum Gasteiger partial charge on any atom is -0.481 e. The van der Waals surface area contributed by atoms with Crippen molar-refractivity contribution < 1.29 is 14.3 Å². The van der Waals surface area contributed by atoms with Crippen molar-refractivity contribution in [3.05, 3.63) is 35.7 Å². The number of nitrogens with two attached hydrogens (primary N) is 1. The quantitative estimate of drug-likeness (QED) is 0.724. The van der Waals surface area contributed by atoms with Crippen LogP contribution in [0.2, 0.25) is 0 Å². The second-order valence-corrected chi connectivity index (χ2v) is 2.75. The van der Waals surface area contributed by atoms with Gasteiger partial charge in [-0.3, -0.25) is 4.79 Å². The zero-order chi connectivity index (χ0) is 10.6. The van der Waals surface area contributed by atoms with Crippen LogP contribution in [0.4, 0.5) is 10.1 Å². The Morgan fingerprint density at radius 1 is 1.57 bits per heavy atom. The minimum absolute atomic E-state index is 0.0578. The number of carboxylic acid groups (broad SMARTS) is 1. The van der Waals surface area contributed by atoms with Crippen molar-refractivity contribution in [2.24, 2.45) is 0 Å². The molecule has 0 fully saturated rings. The predicted octanol–water partition coefficient (Wildman–Crippen LogP) is 1.90. The standard InChI is InChI=1S/C10H10FNO2/c11-10-7(3-1-5-8(10)12)4-2-6-9(13)14/h1-5H,6,12H2,(H,13,14). The van der Waals surface area contributed by atoms with Crippen LogP contribution in [0.25, 0.3) is 6.08 Å². The monoisotopic (exact) mass is 195 g/mol. The van der Waals surface area contributed by atoms with Gasteiger partial charge in [-0.1, -0.05) is 24.3 Å². The van der Waals surface area contributed by atoms with Gasteiger partial charge in [-0.25, -0.2) is 4.39 Å². The molecule has 3 N–H and O–H groups in total. The first kappa shape index (κ1) is 10.2. The van der Waals surface area contributed by atoms with Crippen molar-refractivity contribution in [3.8, 4) is 0 Å². The molecule has 0 saturated carbocycles. The van der Waals surface area contributed by atoms with Crippen molar-refractivity contribution >= 4 is 17.7 Å². The lowest BCUT2D eigenvalue weighted by molar-refractivity contribution is -0.135. The van der Waals surface area contributed by atoms with Crippen LogP contribution in [0.3, 0.4) is 0 Å². The summed E-state index contributed by atoms with van der Waals surface area (Å²) in [7, 11) is 0. The normalized spacial score (nSPS) is 10.6. The second-order valence-electron chi connectivity index (χ2n) is 2.75. The molecular weight excluding hydrogens is 185 g/mol. The predicted molar refractivity (Wildman–Crippen MR) is 52.1 cm³/mol. The van der Waals surface area contributed by atoms with Crippen LogP contribution >= 0.6 is 0 Å². The van der Waals surface area contributed by atoms with E-state index < -0.39 is 11.8 Å². The van der Waals surface area contributed by atoms with Gasteiger partial charge in [-0.2, -0.15) is 0 Å². The van der Waals surface area contributed by atoms with Gasteiger partial charge in [0.05, 0.1) is 12.1 Å². The van der Waals surface area contributed by atoms with Crippen LogP contribution in [0.15, 0.2) is 24.3 Å². The molecule has 0 aliphatic heterocycles. The van der Waals surface area contributed by atoms with Crippen molar-refractivity contribution in [2.45, 2.75) is 6.42 Å². The third-order valence-corrected chi connectivity index (χ3v) is 1.65. The Kier molecular flexibility index (Phi) is 3.23. The number of anilines is 1. The van der Waals surface area contributed by atoms with Crippen LogP contribution in [0.5, 0.6) is 0 Å². The van der Waals surface area contributed by atoms with Gasteiger partial charge in [0.15, 0.2) is 5.82 Å². The molecule has 0 atom stereocenters. The average Bonchev–Trinajstić information content (AvgIpc) is 2.12. The molecule has 0 amide bonds. The molecule has 74 valence electrons. The number of rotatable bonds is 3. The number of nitrogen functional groups attached to an aromatic ring is 1. The van der Waals surface area contributed by atoms with Crippen LogP contribution in [0, 0.1) is 5.82 Å². The van der Waals surface area contributed by atoms with E-state index in [9.17, 15) is 9.18 Å². The summed E-state index contributed by atoms with van der Waals surface area (Å²) in [5, 5.41) is 8.35. The van der Waals surface area contributed by atoms with Crippen LogP contribution in [-0.2, 0) is 4.79 Å². The maximum absolute atomic E-state index is 13.2. The summed E-state index contributed by atoms with van der Waals surface area (Å²) in [4.78, 5) is 10.2. The SMILES string of the molecule is Nc1cccc(C=CCC(=O)O)c1F. The molecule has 0 radical (unpaired) electrons. The van der Waals surface area contributed by atoms with Gasteiger partial charge in [0.25, 0.3) is 0 Å². The summed E-state index contributed by atoms with van der Waals surface area (Å²) >= 11 is 0. The van der Waals surface area contributed by atoms with Crippen LogP contribution < -0.4 is 5.73 Å². The number of benzene rings is 1. The van der Waals surface area contributed by atoms with Crippen LogP contribution in [0.1, 0.15) is 12.0 Å². The Labute approximate surface area is 80.7 Å². The second kappa shape index (κ2) is 4.41. The van der Waals surface area contributed by atoms with Crippen molar-refractivity contribution in [3.63, 3.8) is 0 Å². The Balaban J connectivity index is 2.81. The first-order chi connectivity index (χ1) is 6.61. The minimum atomic E-state index is -0.953. The van der Waals surface area contributed by atoms with Crippen molar-refractivity contribution in [2.75, 3.05) is 5.73 Å². The highest BCUT2D eigenvalue weighted by Gasteiger charge is 2.01. The Morgan fingerprint density at radius 2 is 2.29 bits per heavy atom. The summed E-state index contributed by atoms with van der Waals surface area (Å²) in [6.07, 6.45) is 2.65. The molecule has 0 spiro atoms. The van der Waals surface area contributed by atoms with Gasteiger partial charge in [0.1, 0.15) is 0 Å². The molecule has 0 saturated heterocycles. The molecule has 14 heavy (non-hydrogen) atoms. The van der Waals surface area contributed by atoms with Crippen LogP contribution in [-0.4, -0.2) is 11.1 Å². The number of aliphatic carboxylic acids is 1.